The van der Waals surface area contributed by atoms with E-state index in [-0.39, 0.29) is 0 Å². The molecule has 0 aliphatic carbocycles. The molecule has 0 bridgehead atoms. The molecule has 1 aliphatic heterocycles. The first-order valence-electron chi connectivity index (χ1n) is 7.19. The monoisotopic (exact) mass is 263 g/mol. The van der Waals surface area contributed by atoms with Gasteiger partial charge in [0.05, 0.1) is 12.3 Å². The van der Waals surface area contributed by atoms with E-state index < -0.39 is 0 Å². The molecule has 0 amide bonds. The zero-order chi connectivity index (χ0) is 13.5. The molecule has 0 aromatic carbocycles. The van der Waals surface area contributed by atoms with Crippen molar-refractivity contribution in [3.63, 3.8) is 0 Å². The molecule has 1 saturated heterocycles. The van der Waals surface area contributed by atoms with Crippen molar-refractivity contribution in [3.8, 4) is 0 Å². The zero-order valence-electron chi connectivity index (χ0n) is 12.0. The number of hydrogen-bond acceptors (Lipinski definition) is 4. The fourth-order valence-electron chi connectivity index (χ4n) is 2.74. The van der Waals surface area contributed by atoms with E-state index in [0.29, 0.717) is 12.0 Å². The molecule has 0 saturated carbocycles. The van der Waals surface area contributed by atoms with E-state index in [1.165, 1.54) is 0 Å². The van der Waals surface area contributed by atoms with Gasteiger partial charge in [-0.3, -0.25) is 4.98 Å². The lowest BCUT2D eigenvalue weighted by Gasteiger charge is -2.34. The molecule has 0 spiro atoms. The number of aromatic nitrogens is 1. The predicted molar refractivity (Wildman–Crippen MR) is 77.0 cm³/mol. The standard InChI is InChI=1S/C15H25N3O/c1-3-16-15-7-9-19-12-13(15)10-18(2)11-14-6-4-5-8-17-14/h4-6,8,13,15-16H,3,7,9-12H2,1-2H3. The first-order valence-corrected chi connectivity index (χ1v) is 7.19. The maximum absolute atomic E-state index is 5.63. The Morgan fingerprint density at radius 1 is 1.47 bits per heavy atom. The van der Waals surface area contributed by atoms with Gasteiger partial charge in [0.2, 0.25) is 0 Å². The summed E-state index contributed by atoms with van der Waals surface area (Å²) in [5, 5.41) is 3.58. The molecule has 1 aliphatic rings. The molecule has 4 heteroatoms. The molecular formula is C15H25N3O. The molecule has 1 aromatic rings. The number of ether oxygens (including phenoxy) is 1. The summed E-state index contributed by atoms with van der Waals surface area (Å²) < 4.78 is 5.63. The Kier molecular flexibility index (Phi) is 5.76. The second kappa shape index (κ2) is 7.58. The van der Waals surface area contributed by atoms with Crippen molar-refractivity contribution in [2.75, 3.05) is 33.4 Å². The Balaban J connectivity index is 1.84. The smallest absolute Gasteiger partial charge is 0.0543 e. The fraction of sp³-hybridized carbons (Fsp3) is 0.667. The lowest BCUT2D eigenvalue weighted by atomic mass is 9.95. The predicted octanol–water partition coefficient (Wildman–Crippen LogP) is 1.53. The van der Waals surface area contributed by atoms with Gasteiger partial charge in [-0.2, -0.15) is 0 Å². The second-order valence-electron chi connectivity index (χ2n) is 5.31. The molecular weight excluding hydrogens is 238 g/mol. The molecule has 0 radical (unpaired) electrons. The van der Waals surface area contributed by atoms with Gasteiger partial charge >= 0.3 is 0 Å². The Hall–Kier alpha value is -0.970. The average Bonchev–Trinajstić information content (AvgIpc) is 2.42. The van der Waals surface area contributed by atoms with E-state index in [1.54, 1.807) is 0 Å². The molecule has 4 nitrogen and oxygen atoms in total. The summed E-state index contributed by atoms with van der Waals surface area (Å²) in [7, 11) is 2.16. The largest absolute Gasteiger partial charge is 0.381 e. The minimum Gasteiger partial charge on any atom is -0.381 e. The highest BCUT2D eigenvalue weighted by Gasteiger charge is 2.25. The topological polar surface area (TPSA) is 37.4 Å². The third-order valence-corrected chi connectivity index (χ3v) is 3.64. The summed E-state index contributed by atoms with van der Waals surface area (Å²) in [6.07, 6.45) is 2.98. The van der Waals surface area contributed by atoms with Gasteiger partial charge < -0.3 is 15.0 Å². The molecule has 2 unspecified atom stereocenters. The molecule has 1 aromatic heterocycles. The van der Waals surface area contributed by atoms with E-state index in [2.05, 4.69) is 35.2 Å². The molecule has 2 heterocycles. The van der Waals surface area contributed by atoms with E-state index >= 15 is 0 Å². The summed E-state index contributed by atoms with van der Waals surface area (Å²) in [6, 6.07) is 6.67. The average molecular weight is 263 g/mol. The lowest BCUT2D eigenvalue weighted by molar-refractivity contribution is 0.0192. The Bertz CT molecular complexity index is 356. The minimum absolute atomic E-state index is 0.572. The summed E-state index contributed by atoms with van der Waals surface area (Å²) in [4.78, 5) is 6.72. The molecule has 19 heavy (non-hydrogen) atoms. The van der Waals surface area contributed by atoms with Crippen molar-refractivity contribution in [3.05, 3.63) is 30.1 Å². The van der Waals surface area contributed by atoms with Crippen molar-refractivity contribution in [2.45, 2.75) is 25.9 Å². The molecule has 1 fully saturated rings. The van der Waals surface area contributed by atoms with Crippen LogP contribution in [0, 0.1) is 5.92 Å². The molecule has 106 valence electrons. The van der Waals surface area contributed by atoms with Crippen LogP contribution in [-0.4, -0.2) is 49.3 Å². The van der Waals surface area contributed by atoms with Crippen LogP contribution in [0.15, 0.2) is 24.4 Å². The van der Waals surface area contributed by atoms with Crippen LogP contribution in [0.4, 0.5) is 0 Å². The third-order valence-electron chi connectivity index (χ3n) is 3.64. The highest BCUT2D eigenvalue weighted by Crippen LogP contribution is 2.16. The lowest BCUT2D eigenvalue weighted by Crippen LogP contribution is -2.47. The molecule has 2 atom stereocenters. The maximum atomic E-state index is 5.63. The number of hydrogen-bond donors (Lipinski definition) is 1. The Labute approximate surface area is 116 Å². The van der Waals surface area contributed by atoms with Crippen LogP contribution >= 0.6 is 0 Å². The number of nitrogens with zero attached hydrogens (tertiary/aromatic N) is 2. The number of nitrogens with one attached hydrogen (secondary N) is 1. The van der Waals surface area contributed by atoms with Gasteiger partial charge in [0.25, 0.3) is 0 Å². The quantitative estimate of drug-likeness (QED) is 0.844. The van der Waals surface area contributed by atoms with Gasteiger partial charge in [0.1, 0.15) is 0 Å². The molecule has 2 rings (SSSR count). The third kappa shape index (κ3) is 4.56. The second-order valence-corrected chi connectivity index (χ2v) is 5.31. The van der Waals surface area contributed by atoms with Crippen LogP contribution in [0.5, 0.6) is 0 Å². The summed E-state index contributed by atoms with van der Waals surface area (Å²) >= 11 is 0. The van der Waals surface area contributed by atoms with Crippen molar-refractivity contribution in [1.29, 1.82) is 0 Å². The van der Waals surface area contributed by atoms with E-state index in [1.807, 2.05) is 18.3 Å². The van der Waals surface area contributed by atoms with Crippen LogP contribution in [-0.2, 0) is 11.3 Å². The van der Waals surface area contributed by atoms with Gasteiger partial charge in [-0.25, -0.2) is 0 Å². The van der Waals surface area contributed by atoms with Gasteiger partial charge in [0.15, 0.2) is 0 Å². The summed E-state index contributed by atoms with van der Waals surface area (Å²) in [6.45, 7) is 6.90. The zero-order valence-corrected chi connectivity index (χ0v) is 12.0. The maximum Gasteiger partial charge on any atom is 0.0543 e. The highest BCUT2D eigenvalue weighted by atomic mass is 16.5. The minimum atomic E-state index is 0.572. The van der Waals surface area contributed by atoms with Gasteiger partial charge in [-0.15, -0.1) is 0 Å². The summed E-state index contributed by atoms with van der Waals surface area (Å²) in [5.41, 5.74) is 1.13. The van der Waals surface area contributed by atoms with Crippen molar-refractivity contribution < 1.29 is 4.74 Å². The first kappa shape index (κ1) is 14.4. The van der Waals surface area contributed by atoms with E-state index in [4.69, 9.17) is 4.74 Å². The van der Waals surface area contributed by atoms with Crippen LogP contribution in [0.25, 0.3) is 0 Å². The SMILES string of the molecule is CCNC1CCOCC1CN(C)Cc1ccccn1. The van der Waals surface area contributed by atoms with Crippen molar-refractivity contribution >= 4 is 0 Å². The van der Waals surface area contributed by atoms with Crippen molar-refractivity contribution in [1.82, 2.24) is 15.2 Å². The van der Waals surface area contributed by atoms with E-state index in [9.17, 15) is 0 Å². The fourth-order valence-corrected chi connectivity index (χ4v) is 2.74. The van der Waals surface area contributed by atoms with Crippen LogP contribution in [0.2, 0.25) is 0 Å². The van der Waals surface area contributed by atoms with Gasteiger partial charge in [-0.1, -0.05) is 13.0 Å². The number of pyridine rings is 1. The van der Waals surface area contributed by atoms with Crippen LogP contribution in [0.3, 0.4) is 0 Å². The number of rotatable bonds is 6. The Morgan fingerprint density at radius 2 is 2.37 bits per heavy atom. The first-order chi connectivity index (χ1) is 9.29. The van der Waals surface area contributed by atoms with Gasteiger partial charge in [0, 0.05) is 37.9 Å². The van der Waals surface area contributed by atoms with Crippen LogP contribution in [0.1, 0.15) is 19.0 Å². The van der Waals surface area contributed by atoms with Crippen LogP contribution < -0.4 is 5.32 Å². The summed E-state index contributed by atoms with van der Waals surface area (Å²) in [5.74, 6) is 0.572. The van der Waals surface area contributed by atoms with Crippen molar-refractivity contribution in [2.24, 2.45) is 5.92 Å². The Morgan fingerprint density at radius 3 is 3.11 bits per heavy atom. The van der Waals surface area contributed by atoms with Gasteiger partial charge in [-0.05, 0) is 32.1 Å². The molecule has 1 N–H and O–H groups in total. The normalized spacial score (nSPS) is 23.7. The van der Waals surface area contributed by atoms with E-state index in [0.717, 1.165) is 45.0 Å². The highest BCUT2D eigenvalue weighted by molar-refractivity contribution is 5.03.